The minimum Gasteiger partial charge on any atom is -0.479 e. The van der Waals surface area contributed by atoms with Gasteiger partial charge in [0.05, 0.1) is 12.8 Å². The van der Waals surface area contributed by atoms with Crippen LogP contribution in [-0.4, -0.2) is 60.1 Å². The zero-order valence-corrected chi connectivity index (χ0v) is 15.2. The number of amides is 3. The predicted molar refractivity (Wildman–Crippen MR) is 94.0 cm³/mol. The number of carbonyl (C=O) groups is 3. The monoisotopic (exact) mass is 364 g/mol. The molecule has 0 aromatic heterocycles. The van der Waals surface area contributed by atoms with Crippen molar-refractivity contribution in [1.29, 1.82) is 0 Å². The van der Waals surface area contributed by atoms with E-state index in [1.54, 1.807) is 41.8 Å². The molecule has 8 heteroatoms. The number of esters is 1. The normalized spacial score (nSPS) is 21.2. The summed E-state index contributed by atoms with van der Waals surface area (Å²) in [6.45, 7) is 3.99. The lowest BCUT2D eigenvalue weighted by atomic mass is 10.2. The molecule has 0 N–H and O–H groups in total. The quantitative estimate of drug-likeness (QED) is 0.599. The maximum Gasteiger partial charge on any atom is 0.346 e. The fraction of sp³-hybridized carbons (Fsp3) is 0.471. The van der Waals surface area contributed by atoms with Crippen molar-refractivity contribution in [2.24, 2.45) is 0 Å². The zero-order valence-electron chi connectivity index (χ0n) is 14.4. The molecule has 2 saturated heterocycles. The molecule has 3 rings (SSSR count). The highest BCUT2D eigenvalue weighted by molar-refractivity contribution is 7.99. The molecule has 0 radical (unpaired) electrons. The highest BCUT2D eigenvalue weighted by Gasteiger charge is 2.47. The van der Waals surface area contributed by atoms with Crippen LogP contribution in [-0.2, 0) is 14.3 Å². The number of carbonyl (C=O) groups excluding carboxylic acids is 3. The Morgan fingerprint density at radius 1 is 1.36 bits per heavy atom. The zero-order chi connectivity index (χ0) is 18.1. The number of anilines is 1. The summed E-state index contributed by atoms with van der Waals surface area (Å²) in [6.07, 6.45) is -0.785. The Bertz CT molecular complexity index is 699. The molecule has 2 aliphatic heterocycles. The lowest BCUT2D eigenvalue weighted by Crippen LogP contribution is -2.41. The first-order valence-electron chi connectivity index (χ1n) is 8.01. The van der Waals surface area contributed by atoms with Gasteiger partial charge in [-0.05, 0) is 25.5 Å². The van der Waals surface area contributed by atoms with E-state index in [1.807, 2.05) is 6.92 Å². The van der Waals surface area contributed by atoms with Gasteiger partial charge < -0.3 is 14.4 Å². The van der Waals surface area contributed by atoms with Crippen molar-refractivity contribution in [2.45, 2.75) is 26.0 Å². The summed E-state index contributed by atoms with van der Waals surface area (Å²) in [5, 5.41) is 0. The van der Waals surface area contributed by atoms with Gasteiger partial charge in [-0.2, -0.15) is 11.8 Å². The van der Waals surface area contributed by atoms with Gasteiger partial charge in [-0.25, -0.2) is 14.5 Å². The van der Waals surface area contributed by atoms with Crippen LogP contribution in [0.3, 0.4) is 0 Å². The molecule has 2 atom stereocenters. The number of hydrogen-bond acceptors (Lipinski definition) is 6. The molecule has 0 aliphatic carbocycles. The van der Waals surface area contributed by atoms with Gasteiger partial charge in [0.15, 0.2) is 6.10 Å². The Morgan fingerprint density at radius 3 is 2.80 bits per heavy atom. The molecule has 134 valence electrons. The highest BCUT2D eigenvalue weighted by Crippen LogP contribution is 2.33. The van der Waals surface area contributed by atoms with Gasteiger partial charge in [-0.1, -0.05) is 6.07 Å². The molecule has 0 spiro atoms. The topological polar surface area (TPSA) is 76.2 Å². The van der Waals surface area contributed by atoms with E-state index >= 15 is 0 Å². The van der Waals surface area contributed by atoms with Crippen molar-refractivity contribution < 1.29 is 23.9 Å². The molecule has 0 bridgehead atoms. The van der Waals surface area contributed by atoms with Gasteiger partial charge in [0.1, 0.15) is 11.8 Å². The van der Waals surface area contributed by atoms with Crippen LogP contribution in [0.4, 0.5) is 10.5 Å². The average Bonchev–Trinajstić information content (AvgIpc) is 2.87. The second-order valence-corrected chi connectivity index (χ2v) is 7.12. The predicted octanol–water partition coefficient (Wildman–Crippen LogP) is 1.82. The molecular formula is C17H20N2O5S. The van der Waals surface area contributed by atoms with Crippen molar-refractivity contribution in [3.05, 3.63) is 23.8 Å². The van der Waals surface area contributed by atoms with Crippen molar-refractivity contribution in [3.63, 3.8) is 0 Å². The summed E-state index contributed by atoms with van der Waals surface area (Å²) in [6, 6.07) is 4.40. The smallest absolute Gasteiger partial charge is 0.346 e. The molecule has 2 aliphatic rings. The van der Waals surface area contributed by atoms with Crippen molar-refractivity contribution in [2.75, 3.05) is 30.1 Å². The number of urea groups is 1. The van der Waals surface area contributed by atoms with Crippen LogP contribution in [0.1, 0.15) is 12.5 Å². The molecule has 1 aromatic rings. The summed E-state index contributed by atoms with van der Waals surface area (Å²) in [5.74, 6) is 1.19. The molecule has 2 heterocycles. The number of methoxy groups -OCH3 is 1. The Morgan fingerprint density at radius 2 is 2.12 bits per heavy atom. The Labute approximate surface area is 150 Å². The van der Waals surface area contributed by atoms with Crippen LogP contribution in [0.25, 0.3) is 0 Å². The third-order valence-electron chi connectivity index (χ3n) is 4.34. The molecule has 25 heavy (non-hydrogen) atoms. The first kappa shape index (κ1) is 17.6. The number of aryl methyl sites for hydroxylation is 1. The van der Waals surface area contributed by atoms with Crippen molar-refractivity contribution >= 4 is 35.4 Å². The SMILES string of the molecule is COC(=O)C(C)Oc1cc(N2C(=O)C3CSCCN3C2=O)ccc1C. The van der Waals surface area contributed by atoms with E-state index in [9.17, 15) is 14.4 Å². The fourth-order valence-electron chi connectivity index (χ4n) is 2.91. The van der Waals surface area contributed by atoms with Crippen LogP contribution in [0.5, 0.6) is 5.75 Å². The van der Waals surface area contributed by atoms with Crippen LogP contribution in [0.2, 0.25) is 0 Å². The minimum absolute atomic E-state index is 0.215. The second-order valence-electron chi connectivity index (χ2n) is 5.97. The number of nitrogens with zero attached hydrogens (tertiary/aromatic N) is 2. The molecular weight excluding hydrogens is 344 g/mol. The second kappa shape index (κ2) is 6.95. The van der Waals surface area contributed by atoms with Gasteiger partial charge in [0.25, 0.3) is 5.91 Å². The van der Waals surface area contributed by atoms with Crippen LogP contribution < -0.4 is 9.64 Å². The number of thioether (sulfide) groups is 1. The van der Waals surface area contributed by atoms with Crippen molar-refractivity contribution in [1.82, 2.24) is 4.90 Å². The van der Waals surface area contributed by atoms with Crippen LogP contribution >= 0.6 is 11.8 Å². The summed E-state index contributed by atoms with van der Waals surface area (Å²) in [5.41, 5.74) is 1.25. The Balaban J connectivity index is 1.88. The van der Waals surface area contributed by atoms with E-state index in [1.165, 1.54) is 12.0 Å². The number of ether oxygens (including phenoxy) is 2. The van der Waals surface area contributed by atoms with E-state index < -0.39 is 18.1 Å². The largest absolute Gasteiger partial charge is 0.479 e. The van der Waals surface area contributed by atoms with E-state index in [0.717, 1.165) is 11.3 Å². The summed E-state index contributed by atoms with van der Waals surface area (Å²) in [4.78, 5) is 39.7. The Hall–Kier alpha value is -2.22. The number of imide groups is 1. The molecule has 2 fully saturated rings. The van der Waals surface area contributed by atoms with Gasteiger partial charge in [-0.15, -0.1) is 0 Å². The first-order chi connectivity index (χ1) is 11.9. The minimum atomic E-state index is -0.785. The summed E-state index contributed by atoms with van der Waals surface area (Å²) >= 11 is 1.68. The van der Waals surface area contributed by atoms with Gasteiger partial charge in [0, 0.05) is 24.1 Å². The molecule has 2 unspecified atom stereocenters. The third kappa shape index (κ3) is 3.18. The molecule has 1 aromatic carbocycles. The fourth-order valence-corrected chi connectivity index (χ4v) is 3.94. The van der Waals surface area contributed by atoms with Gasteiger partial charge in [-0.3, -0.25) is 4.79 Å². The van der Waals surface area contributed by atoms with Gasteiger partial charge >= 0.3 is 12.0 Å². The average molecular weight is 364 g/mol. The van der Waals surface area contributed by atoms with Crippen molar-refractivity contribution in [3.8, 4) is 5.75 Å². The Kier molecular flexibility index (Phi) is 4.89. The molecule has 0 saturated carbocycles. The van der Waals surface area contributed by atoms with E-state index in [0.29, 0.717) is 23.7 Å². The van der Waals surface area contributed by atoms with E-state index in [4.69, 9.17) is 4.74 Å². The van der Waals surface area contributed by atoms with Crippen LogP contribution in [0, 0.1) is 6.92 Å². The third-order valence-corrected chi connectivity index (χ3v) is 5.36. The number of rotatable bonds is 4. The summed E-state index contributed by atoms with van der Waals surface area (Å²) < 4.78 is 10.3. The lowest BCUT2D eigenvalue weighted by molar-refractivity contribution is -0.147. The first-order valence-corrected chi connectivity index (χ1v) is 9.17. The standard InChI is InChI=1S/C17H20N2O5S/c1-10-4-5-12(8-14(10)24-11(2)16(21)23-3)19-15(20)13-9-25-7-6-18(13)17(19)22/h4-5,8,11,13H,6-7,9H2,1-3H3. The van der Waals surface area contributed by atoms with E-state index in [-0.39, 0.29) is 11.9 Å². The number of hydrogen-bond donors (Lipinski definition) is 0. The number of benzene rings is 1. The maximum absolute atomic E-state index is 12.7. The van der Waals surface area contributed by atoms with E-state index in [2.05, 4.69) is 4.74 Å². The van der Waals surface area contributed by atoms with Gasteiger partial charge in [0.2, 0.25) is 0 Å². The van der Waals surface area contributed by atoms with Crippen LogP contribution in [0.15, 0.2) is 18.2 Å². The number of fused-ring (bicyclic) bond motifs is 1. The molecule has 7 nitrogen and oxygen atoms in total. The lowest BCUT2D eigenvalue weighted by Gasteiger charge is -2.25. The summed E-state index contributed by atoms with van der Waals surface area (Å²) in [7, 11) is 1.29. The maximum atomic E-state index is 12.7. The molecule has 3 amide bonds. The highest BCUT2D eigenvalue weighted by atomic mass is 32.2.